The second-order valence-corrected chi connectivity index (χ2v) is 7.38. The Balaban J connectivity index is 2.34. The number of hydrogen-bond acceptors (Lipinski definition) is 3. The van der Waals surface area contributed by atoms with Crippen molar-refractivity contribution in [2.45, 2.75) is 36.9 Å². The summed E-state index contributed by atoms with van der Waals surface area (Å²) in [7, 11) is -3.22. The van der Waals surface area contributed by atoms with Gasteiger partial charge in [0.15, 0.2) is 0 Å². The van der Waals surface area contributed by atoms with E-state index in [0.717, 1.165) is 17.7 Å². The minimum Gasteiger partial charge on any atom is -0.206 e. The van der Waals surface area contributed by atoms with E-state index in [2.05, 4.69) is 0 Å². The Morgan fingerprint density at radius 3 is 2.67 bits per heavy atom. The van der Waals surface area contributed by atoms with Gasteiger partial charge in [-0.25, -0.2) is 8.42 Å². The van der Waals surface area contributed by atoms with Gasteiger partial charge < -0.3 is 0 Å². The van der Waals surface area contributed by atoms with Crippen molar-refractivity contribution in [1.82, 2.24) is 4.31 Å². The first-order chi connectivity index (χ1) is 7.01. The molecule has 5 heteroatoms. The molecular formula is C10H15NO2S2. The number of nitrogens with zero attached hydrogens (tertiary/aromatic N) is 1. The maximum absolute atomic E-state index is 12.2. The molecule has 0 spiro atoms. The first-order valence-corrected chi connectivity index (χ1v) is 7.36. The predicted molar refractivity (Wildman–Crippen MR) is 61.6 cm³/mol. The monoisotopic (exact) mass is 245 g/mol. The van der Waals surface area contributed by atoms with Crippen LogP contribution in [0.2, 0.25) is 0 Å². The SMILES string of the molecule is Cc1ccc(S(=O)(=O)N2CCCC2C)s1. The molecule has 1 fully saturated rings. The first kappa shape index (κ1) is 11.1. The van der Waals surface area contributed by atoms with Crippen molar-refractivity contribution in [2.75, 3.05) is 6.54 Å². The Morgan fingerprint density at radius 2 is 2.20 bits per heavy atom. The maximum atomic E-state index is 12.2. The van der Waals surface area contributed by atoms with Crippen LogP contribution in [0.25, 0.3) is 0 Å². The summed E-state index contributed by atoms with van der Waals surface area (Å²) in [6.45, 7) is 4.57. The molecule has 0 N–H and O–H groups in total. The zero-order chi connectivity index (χ0) is 11.1. The molecule has 1 unspecified atom stereocenters. The second-order valence-electron chi connectivity index (χ2n) is 3.97. The van der Waals surface area contributed by atoms with E-state index in [0.29, 0.717) is 10.8 Å². The van der Waals surface area contributed by atoms with Crippen molar-refractivity contribution in [3.63, 3.8) is 0 Å². The van der Waals surface area contributed by atoms with Crippen molar-refractivity contribution >= 4 is 21.4 Å². The van der Waals surface area contributed by atoms with E-state index in [1.165, 1.54) is 11.3 Å². The molecule has 0 bridgehead atoms. The summed E-state index contributed by atoms with van der Waals surface area (Å²) < 4.78 is 26.5. The molecular weight excluding hydrogens is 230 g/mol. The van der Waals surface area contributed by atoms with Crippen LogP contribution in [0.3, 0.4) is 0 Å². The normalized spacial score (nSPS) is 23.5. The lowest BCUT2D eigenvalue weighted by atomic mass is 10.3. The zero-order valence-electron chi connectivity index (χ0n) is 8.93. The molecule has 0 amide bonds. The van der Waals surface area contributed by atoms with E-state index in [4.69, 9.17) is 0 Å². The van der Waals surface area contributed by atoms with Gasteiger partial charge in [0.25, 0.3) is 10.0 Å². The number of thiophene rings is 1. The highest BCUT2D eigenvalue weighted by molar-refractivity contribution is 7.91. The summed E-state index contributed by atoms with van der Waals surface area (Å²) in [5, 5.41) is 0. The molecule has 1 aliphatic heterocycles. The third-order valence-electron chi connectivity index (χ3n) is 2.77. The van der Waals surface area contributed by atoms with Crippen molar-refractivity contribution < 1.29 is 8.42 Å². The van der Waals surface area contributed by atoms with Gasteiger partial charge in [-0.15, -0.1) is 11.3 Å². The van der Waals surface area contributed by atoms with Gasteiger partial charge in [0.1, 0.15) is 4.21 Å². The van der Waals surface area contributed by atoms with Crippen LogP contribution in [0.5, 0.6) is 0 Å². The molecule has 2 rings (SSSR count). The molecule has 3 nitrogen and oxygen atoms in total. The fourth-order valence-electron chi connectivity index (χ4n) is 1.93. The maximum Gasteiger partial charge on any atom is 0.252 e. The van der Waals surface area contributed by atoms with Crippen LogP contribution in [0.4, 0.5) is 0 Å². The van der Waals surface area contributed by atoms with Gasteiger partial charge in [-0.3, -0.25) is 0 Å². The topological polar surface area (TPSA) is 37.4 Å². The number of aryl methyl sites for hydroxylation is 1. The van der Waals surface area contributed by atoms with Crippen LogP contribution in [-0.4, -0.2) is 25.3 Å². The van der Waals surface area contributed by atoms with Crippen LogP contribution in [-0.2, 0) is 10.0 Å². The smallest absolute Gasteiger partial charge is 0.206 e. The lowest BCUT2D eigenvalue weighted by molar-refractivity contribution is 0.409. The molecule has 1 aromatic heterocycles. The van der Waals surface area contributed by atoms with Crippen molar-refractivity contribution in [3.05, 3.63) is 17.0 Å². The highest BCUT2D eigenvalue weighted by Gasteiger charge is 2.33. The summed E-state index contributed by atoms with van der Waals surface area (Å²) in [6.07, 6.45) is 1.95. The quantitative estimate of drug-likeness (QED) is 0.801. The van der Waals surface area contributed by atoms with Crippen LogP contribution in [0, 0.1) is 6.92 Å². The molecule has 2 heterocycles. The van der Waals surface area contributed by atoms with Crippen LogP contribution in [0.15, 0.2) is 16.3 Å². The van der Waals surface area contributed by atoms with Crippen molar-refractivity contribution in [2.24, 2.45) is 0 Å². The summed E-state index contributed by atoms with van der Waals surface area (Å²) in [4.78, 5) is 1.04. The second kappa shape index (κ2) is 3.88. The van der Waals surface area contributed by atoms with Crippen molar-refractivity contribution in [3.8, 4) is 0 Å². The minimum atomic E-state index is -3.22. The van der Waals surface area contributed by atoms with E-state index in [1.54, 1.807) is 10.4 Å². The fourth-order valence-corrected chi connectivity index (χ4v) is 5.04. The summed E-state index contributed by atoms with van der Waals surface area (Å²) >= 11 is 1.35. The number of hydrogen-bond donors (Lipinski definition) is 0. The van der Waals surface area contributed by atoms with Gasteiger partial charge in [0, 0.05) is 17.5 Å². The van der Waals surface area contributed by atoms with Gasteiger partial charge in [0.2, 0.25) is 0 Å². The molecule has 84 valence electrons. The summed E-state index contributed by atoms with van der Waals surface area (Å²) in [5.41, 5.74) is 0. The zero-order valence-corrected chi connectivity index (χ0v) is 10.6. The molecule has 0 aromatic carbocycles. The van der Waals surface area contributed by atoms with Gasteiger partial charge in [-0.05, 0) is 38.8 Å². The lowest BCUT2D eigenvalue weighted by Gasteiger charge is -2.19. The average Bonchev–Trinajstić information content (AvgIpc) is 2.74. The van der Waals surface area contributed by atoms with Crippen molar-refractivity contribution in [1.29, 1.82) is 0 Å². The Morgan fingerprint density at radius 1 is 1.47 bits per heavy atom. The van der Waals surface area contributed by atoms with E-state index in [9.17, 15) is 8.42 Å². The standard InChI is InChI=1S/C10H15NO2S2/c1-8-4-3-7-11(8)15(12,13)10-6-5-9(2)14-10/h5-6,8H,3-4,7H2,1-2H3. The van der Waals surface area contributed by atoms with Crippen LogP contribution >= 0.6 is 11.3 Å². The molecule has 1 aliphatic rings. The predicted octanol–water partition coefficient (Wildman–Crippen LogP) is 2.23. The Hall–Kier alpha value is -0.390. The van der Waals surface area contributed by atoms with Gasteiger partial charge in [0.05, 0.1) is 0 Å². The third-order valence-corrected chi connectivity index (χ3v) is 6.25. The van der Waals surface area contributed by atoms with Gasteiger partial charge in [-0.2, -0.15) is 4.31 Å². The molecule has 0 radical (unpaired) electrons. The van der Waals surface area contributed by atoms with Gasteiger partial charge >= 0.3 is 0 Å². The molecule has 1 aromatic rings. The molecule has 0 aliphatic carbocycles. The molecule has 15 heavy (non-hydrogen) atoms. The largest absolute Gasteiger partial charge is 0.252 e. The first-order valence-electron chi connectivity index (χ1n) is 5.10. The van der Waals surface area contributed by atoms with E-state index >= 15 is 0 Å². The Labute approximate surface area is 94.8 Å². The lowest BCUT2D eigenvalue weighted by Crippen LogP contribution is -2.33. The fraction of sp³-hybridized carbons (Fsp3) is 0.600. The van der Waals surface area contributed by atoms with Crippen LogP contribution < -0.4 is 0 Å². The Kier molecular flexibility index (Phi) is 2.87. The van der Waals surface area contributed by atoms with E-state index < -0.39 is 10.0 Å². The molecule has 1 saturated heterocycles. The highest BCUT2D eigenvalue weighted by Crippen LogP contribution is 2.29. The van der Waals surface area contributed by atoms with E-state index in [-0.39, 0.29) is 6.04 Å². The summed E-state index contributed by atoms with van der Waals surface area (Å²) in [6, 6.07) is 3.72. The average molecular weight is 245 g/mol. The minimum absolute atomic E-state index is 0.150. The van der Waals surface area contributed by atoms with Crippen LogP contribution in [0.1, 0.15) is 24.6 Å². The number of rotatable bonds is 2. The van der Waals surface area contributed by atoms with E-state index in [1.807, 2.05) is 19.9 Å². The molecule has 1 atom stereocenters. The Bertz CT molecular complexity index is 450. The highest BCUT2D eigenvalue weighted by atomic mass is 32.2. The third kappa shape index (κ3) is 1.96. The molecule has 0 saturated carbocycles. The summed E-state index contributed by atoms with van der Waals surface area (Å²) in [5.74, 6) is 0. The number of sulfonamides is 1. The van der Waals surface area contributed by atoms with Gasteiger partial charge in [-0.1, -0.05) is 0 Å².